The van der Waals surface area contributed by atoms with Crippen LogP contribution in [0.25, 0.3) is 5.95 Å². The maximum atomic E-state index is 12.7. The Hall–Kier alpha value is -2.73. The minimum atomic E-state index is -0.246. The SMILES string of the molecule is Cc1cc(C)nc(-n2[nH]c(C)c(C=Nc3ccc(C)c(Cl)c3)c2=O)n1. The Balaban J connectivity index is 2.01. The van der Waals surface area contributed by atoms with Gasteiger partial charge in [0.05, 0.1) is 11.3 Å². The van der Waals surface area contributed by atoms with Crippen molar-refractivity contribution in [2.45, 2.75) is 27.7 Å². The van der Waals surface area contributed by atoms with Crippen LogP contribution < -0.4 is 5.56 Å². The summed E-state index contributed by atoms with van der Waals surface area (Å²) >= 11 is 6.11. The Morgan fingerprint density at radius 2 is 1.80 bits per heavy atom. The second-order valence-corrected chi connectivity index (χ2v) is 6.34. The Morgan fingerprint density at radius 3 is 2.44 bits per heavy atom. The summed E-state index contributed by atoms with van der Waals surface area (Å²) in [6.45, 7) is 7.46. The Morgan fingerprint density at radius 1 is 1.12 bits per heavy atom. The van der Waals surface area contributed by atoms with Crippen molar-refractivity contribution in [2.75, 3.05) is 0 Å². The maximum Gasteiger partial charge on any atom is 0.282 e. The molecule has 3 rings (SSSR count). The van der Waals surface area contributed by atoms with E-state index < -0.39 is 0 Å². The summed E-state index contributed by atoms with van der Waals surface area (Å²) in [5, 5.41) is 3.64. The molecule has 0 radical (unpaired) electrons. The predicted octanol–water partition coefficient (Wildman–Crippen LogP) is 3.59. The Labute approximate surface area is 150 Å². The van der Waals surface area contributed by atoms with Gasteiger partial charge in [-0.15, -0.1) is 0 Å². The highest BCUT2D eigenvalue weighted by atomic mass is 35.5. The quantitative estimate of drug-likeness (QED) is 0.729. The molecule has 0 amide bonds. The molecule has 0 unspecified atom stereocenters. The van der Waals surface area contributed by atoms with Crippen molar-refractivity contribution in [2.24, 2.45) is 4.99 Å². The third-order valence-electron chi connectivity index (χ3n) is 3.79. The van der Waals surface area contributed by atoms with Crippen LogP contribution in [0.5, 0.6) is 0 Å². The molecule has 6 nitrogen and oxygen atoms in total. The van der Waals surface area contributed by atoms with Gasteiger partial charge in [-0.05, 0) is 51.5 Å². The average molecular weight is 356 g/mol. The van der Waals surface area contributed by atoms with E-state index >= 15 is 0 Å². The lowest BCUT2D eigenvalue weighted by Gasteiger charge is -2.02. The first-order chi connectivity index (χ1) is 11.8. The van der Waals surface area contributed by atoms with Crippen LogP contribution in [0.15, 0.2) is 34.1 Å². The number of aryl methyl sites for hydroxylation is 4. The second kappa shape index (κ2) is 6.64. The molecule has 0 fully saturated rings. The van der Waals surface area contributed by atoms with E-state index in [4.69, 9.17) is 11.6 Å². The van der Waals surface area contributed by atoms with E-state index in [1.54, 1.807) is 6.07 Å². The topological polar surface area (TPSA) is 75.9 Å². The highest BCUT2D eigenvalue weighted by Gasteiger charge is 2.13. The molecule has 0 aliphatic heterocycles. The van der Waals surface area contributed by atoms with Gasteiger partial charge in [-0.1, -0.05) is 17.7 Å². The lowest BCUT2D eigenvalue weighted by atomic mass is 10.2. The van der Waals surface area contributed by atoms with Gasteiger partial charge < -0.3 is 0 Å². The molecule has 0 bridgehead atoms. The van der Waals surface area contributed by atoms with Gasteiger partial charge >= 0.3 is 0 Å². The number of hydrogen-bond acceptors (Lipinski definition) is 4. The van der Waals surface area contributed by atoms with Crippen molar-refractivity contribution in [1.29, 1.82) is 0 Å². The molecule has 0 spiro atoms. The Kier molecular flexibility index (Phi) is 4.55. The van der Waals surface area contributed by atoms with E-state index in [0.717, 1.165) is 17.0 Å². The van der Waals surface area contributed by atoms with Gasteiger partial charge in [-0.2, -0.15) is 4.68 Å². The highest BCUT2D eigenvalue weighted by molar-refractivity contribution is 6.31. The van der Waals surface area contributed by atoms with Crippen LogP contribution in [0.4, 0.5) is 5.69 Å². The number of nitrogens with one attached hydrogen (secondary N) is 1. The Bertz CT molecular complexity index is 1010. The summed E-state index contributed by atoms with van der Waals surface area (Å²) < 4.78 is 1.33. The summed E-state index contributed by atoms with van der Waals surface area (Å²) in [5.41, 5.74) is 4.16. The molecule has 2 aromatic heterocycles. The number of rotatable bonds is 3. The highest BCUT2D eigenvalue weighted by Crippen LogP contribution is 2.22. The standard InChI is InChI=1S/C18H18ClN5O/c1-10-5-6-14(8-16(10)19)20-9-15-13(4)23-24(17(15)25)18-21-11(2)7-12(3)22-18/h5-9,23H,1-4H3. The van der Waals surface area contributed by atoms with Crippen molar-refractivity contribution in [1.82, 2.24) is 19.7 Å². The number of benzene rings is 1. The van der Waals surface area contributed by atoms with Crippen LogP contribution in [0.1, 0.15) is 28.2 Å². The van der Waals surface area contributed by atoms with E-state index in [0.29, 0.717) is 27.9 Å². The van der Waals surface area contributed by atoms with Gasteiger partial charge in [0, 0.05) is 28.3 Å². The van der Waals surface area contributed by atoms with Crippen LogP contribution in [0.2, 0.25) is 5.02 Å². The molecule has 128 valence electrons. The van der Waals surface area contributed by atoms with Crippen LogP contribution in [-0.2, 0) is 0 Å². The first-order valence-corrected chi connectivity index (χ1v) is 8.17. The van der Waals surface area contributed by atoms with Crippen LogP contribution in [-0.4, -0.2) is 26.0 Å². The molecule has 3 aromatic rings. The lowest BCUT2D eigenvalue weighted by molar-refractivity contribution is 0.763. The number of H-pyrrole nitrogens is 1. The first kappa shape index (κ1) is 17.1. The average Bonchev–Trinajstić information content (AvgIpc) is 2.82. The van der Waals surface area contributed by atoms with Gasteiger partial charge in [0.15, 0.2) is 0 Å². The van der Waals surface area contributed by atoms with E-state index in [-0.39, 0.29) is 5.56 Å². The van der Waals surface area contributed by atoms with Crippen molar-refractivity contribution in [3.05, 3.63) is 67.9 Å². The van der Waals surface area contributed by atoms with Crippen LogP contribution in [0, 0.1) is 27.7 Å². The third-order valence-corrected chi connectivity index (χ3v) is 4.19. The first-order valence-electron chi connectivity index (χ1n) is 7.79. The summed E-state index contributed by atoms with van der Waals surface area (Å²) in [4.78, 5) is 25.7. The van der Waals surface area contributed by atoms with Crippen LogP contribution >= 0.6 is 11.6 Å². The number of aliphatic imine (C=N–C) groups is 1. The lowest BCUT2D eigenvalue weighted by Crippen LogP contribution is -2.20. The monoisotopic (exact) mass is 355 g/mol. The van der Waals surface area contributed by atoms with Gasteiger partial charge in [-0.25, -0.2) is 9.97 Å². The molecular weight excluding hydrogens is 338 g/mol. The number of nitrogens with zero attached hydrogens (tertiary/aromatic N) is 4. The van der Waals surface area contributed by atoms with E-state index in [9.17, 15) is 4.79 Å². The van der Waals surface area contributed by atoms with Crippen molar-refractivity contribution in [3.8, 4) is 5.95 Å². The zero-order chi connectivity index (χ0) is 18.1. The normalized spacial score (nSPS) is 11.4. The summed E-state index contributed by atoms with van der Waals surface area (Å²) in [6, 6.07) is 7.36. The van der Waals surface area contributed by atoms with Gasteiger partial charge in [0.2, 0.25) is 0 Å². The zero-order valence-electron chi connectivity index (χ0n) is 14.5. The molecule has 1 N–H and O–H groups in total. The zero-order valence-corrected chi connectivity index (χ0v) is 15.2. The van der Waals surface area contributed by atoms with Crippen LogP contribution in [0.3, 0.4) is 0 Å². The van der Waals surface area contributed by atoms with Crippen molar-refractivity contribution < 1.29 is 0 Å². The summed E-state index contributed by atoms with van der Waals surface area (Å²) in [7, 11) is 0. The van der Waals surface area contributed by atoms with E-state index in [1.165, 1.54) is 10.9 Å². The summed E-state index contributed by atoms with van der Waals surface area (Å²) in [5.74, 6) is 0.323. The molecular formula is C18H18ClN5O. The number of aromatic amines is 1. The molecule has 2 heterocycles. The second-order valence-electron chi connectivity index (χ2n) is 5.93. The fraction of sp³-hybridized carbons (Fsp3) is 0.222. The minimum absolute atomic E-state index is 0.246. The van der Waals surface area contributed by atoms with E-state index in [2.05, 4.69) is 20.1 Å². The van der Waals surface area contributed by atoms with E-state index in [1.807, 2.05) is 45.9 Å². The summed E-state index contributed by atoms with van der Waals surface area (Å²) in [6.07, 6.45) is 1.54. The van der Waals surface area contributed by atoms with Gasteiger partial charge in [-0.3, -0.25) is 14.9 Å². The molecule has 25 heavy (non-hydrogen) atoms. The smallest absolute Gasteiger partial charge is 0.282 e. The fourth-order valence-electron chi connectivity index (χ4n) is 2.46. The largest absolute Gasteiger partial charge is 0.292 e. The molecule has 0 saturated heterocycles. The van der Waals surface area contributed by atoms with Gasteiger partial charge in [0.25, 0.3) is 11.5 Å². The molecule has 7 heteroatoms. The molecule has 1 aromatic carbocycles. The predicted molar refractivity (Wildman–Crippen MR) is 99.6 cm³/mol. The van der Waals surface area contributed by atoms with Gasteiger partial charge in [0.1, 0.15) is 0 Å². The number of halogens is 1. The fourth-order valence-corrected chi connectivity index (χ4v) is 2.64. The number of aromatic nitrogens is 4. The minimum Gasteiger partial charge on any atom is -0.292 e. The molecule has 0 atom stereocenters. The maximum absolute atomic E-state index is 12.7. The molecule has 0 aliphatic rings. The molecule has 0 saturated carbocycles. The molecule has 0 aliphatic carbocycles. The number of hydrogen-bond donors (Lipinski definition) is 1. The third kappa shape index (κ3) is 3.53. The van der Waals surface area contributed by atoms with Crippen molar-refractivity contribution in [3.63, 3.8) is 0 Å². The van der Waals surface area contributed by atoms with Crippen molar-refractivity contribution >= 4 is 23.5 Å².